The Balaban J connectivity index is 2.51. The van der Waals surface area contributed by atoms with Crippen molar-refractivity contribution in [3.8, 4) is 5.75 Å². The highest BCUT2D eigenvalue weighted by molar-refractivity contribution is 7.46. The Morgan fingerprint density at radius 3 is 2.32 bits per heavy atom. The Hall–Kier alpha value is -1.16. The molecule has 0 spiro atoms. The average molecular weight is 286 g/mol. The number of phosphoric ester groups is 1. The Morgan fingerprint density at radius 1 is 1.16 bits per heavy atom. The molecule has 1 aromatic carbocycles. The van der Waals surface area contributed by atoms with E-state index in [1.807, 2.05) is 0 Å². The standard InChI is InChI=1S/C13H19O5P/c1-2-3-4-5-6-13(14)11-7-9-12(10-8-11)18-19(15,16)17/h7-10H,2-6H2,1H3,(H2,15,16,17). The highest BCUT2D eigenvalue weighted by Crippen LogP contribution is 2.37. The molecule has 19 heavy (non-hydrogen) atoms. The summed E-state index contributed by atoms with van der Waals surface area (Å²) < 4.78 is 15.0. The summed E-state index contributed by atoms with van der Waals surface area (Å²) in [5.41, 5.74) is 0.537. The molecule has 2 N–H and O–H groups in total. The van der Waals surface area contributed by atoms with Crippen LogP contribution >= 0.6 is 7.82 Å². The number of rotatable bonds is 8. The van der Waals surface area contributed by atoms with Crippen molar-refractivity contribution in [2.45, 2.75) is 39.0 Å². The summed E-state index contributed by atoms with van der Waals surface area (Å²) in [6.45, 7) is 2.11. The highest BCUT2D eigenvalue weighted by atomic mass is 31.2. The highest BCUT2D eigenvalue weighted by Gasteiger charge is 2.15. The fourth-order valence-corrected chi connectivity index (χ4v) is 2.09. The first-order valence-electron chi connectivity index (χ1n) is 6.31. The Bertz CT molecular complexity index is 449. The molecule has 0 atom stereocenters. The van der Waals surface area contributed by atoms with Crippen LogP contribution in [0.5, 0.6) is 5.75 Å². The van der Waals surface area contributed by atoms with Crippen molar-refractivity contribution in [1.29, 1.82) is 0 Å². The van der Waals surface area contributed by atoms with Gasteiger partial charge in [0.05, 0.1) is 0 Å². The van der Waals surface area contributed by atoms with Gasteiger partial charge < -0.3 is 4.52 Å². The number of hydrogen-bond donors (Lipinski definition) is 2. The molecule has 6 heteroatoms. The summed E-state index contributed by atoms with van der Waals surface area (Å²) in [4.78, 5) is 29.1. The normalized spacial score (nSPS) is 11.3. The fraction of sp³-hybridized carbons (Fsp3) is 0.462. The maximum Gasteiger partial charge on any atom is 0.524 e. The second-order valence-electron chi connectivity index (χ2n) is 4.34. The van der Waals surface area contributed by atoms with Gasteiger partial charge in [0.1, 0.15) is 5.75 Å². The molecule has 106 valence electrons. The van der Waals surface area contributed by atoms with Crippen LogP contribution in [0.1, 0.15) is 49.4 Å². The summed E-state index contributed by atoms with van der Waals surface area (Å²) in [5, 5.41) is 0. The van der Waals surface area contributed by atoms with E-state index in [0.717, 1.165) is 25.7 Å². The molecule has 0 amide bonds. The zero-order valence-corrected chi connectivity index (χ0v) is 11.8. The van der Waals surface area contributed by atoms with Gasteiger partial charge in [-0.1, -0.05) is 26.2 Å². The van der Waals surface area contributed by atoms with Gasteiger partial charge in [0.15, 0.2) is 5.78 Å². The lowest BCUT2D eigenvalue weighted by atomic mass is 10.0. The minimum Gasteiger partial charge on any atom is -0.404 e. The first-order chi connectivity index (χ1) is 8.92. The Labute approximate surface area is 112 Å². The van der Waals surface area contributed by atoms with Crippen LogP contribution in [0.3, 0.4) is 0 Å². The number of ketones is 1. The second-order valence-corrected chi connectivity index (χ2v) is 5.50. The quantitative estimate of drug-likeness (QED) is 0.435. The van der Waals surface area contributed by atoms with Crippen molar-refractivity contribution in [3.63, 3.8) is 0 Å². The number of phosphoric acid groups is 1. The van der Waals surface area contributed by atoms with E-state index in [9.17, 15) is 9.36 Å². The lowest BCUT2D eigenvalue weighted by Gasteiger charge is -2.07. The number of carbonyl (C=O) groups excluding carboxylic acids is 1. The Kier molecular flexibility index (Phi) is 6.22. The molecule has 0 fully saturated rings. The zero-order valence-electron chi connectivity index (χ0n) is 10.9. The fourth-order valence-electron chi connectivity index (χ4n) is 1.70. The summed E-state index contributed by atoms with van der Waals surface area (Å²) in [6.07, 6.45) is 4.67. The van der Waals surface area contributed by atoms with E-state index in [-0.39, 0.29) is 11.5 Å². The molecule has 0 aromatic heterocycles. The SMILES string of the molecule is CCCCCCC(=O)c1ccc(OP(=O)(O)O)cc1. The van der Waals surface area contributed by atoms with Crippen molar-refractivity contribution in [1.82, 2.24) is 0 Å². The number of unbranched alkanes of at least 4 members (excludes halogenated alkanes) is 3. The van der Waals surface area contributed by atoms with E-state index in [1.165, 1.54) is 24.3 Å². The van der Waals surface area contributed by atoms with Crippen molar-refractivity contribution < 1.29 is 23.7 Å². The molecular weight excluding hydrogens is 267 g/mol. The van der Waals surface area contributed by atoms with Gasteiger partial charge in [0.25, 0.3) is 0 Å². The molecule has 0 aliphatic heterocycles. The first kappa shape index (κ1) is 15.9. The average Bonchev–Trinajstić information content (AvgIpc) is 2.33. The van der Waals surface area contributed by atoms with Crippen LogP contribution in [0.2, 0.25) is 0 Å². The lowest BCUT2D eigenvalue weighted by Crippen LogP contribution is -1.99. The molecule has 1 aromatic rings. The van der Waals surface area contributed by atoms with Crippen LogP contribution < -0.4 is 4.52 Å². The van der Waals surface area contributed by atoms with Crippen molar-refractivity contribution in [2.75, 3.05) is 0 Å². The summed E-state index contributed by atoms with van der Waals surface area (Å²) in [7, 11) is -4.54. The minimum absolute atomic E-state index is 0.0406. The van der Waals surface area contributed by atoms with Crippen LogP contribution in [-0.2, 0) is 4.57 Å². The van der Waals surface area contributed by atoms with Gasteiger partial charge in [0, 0.05) is 12.0 Å². The predicted molar refractivity (Wildman–Crippen MR) is 72.2 cm³/mol. The molecule has 5 nitrogen and oxygen atoms in total. The van der Waals surface area contributed by atoms with Gasteiger partial charge in [-0.3, -0.25) is 14.6 Å². The molecule has 1 rings (SSSR count). The molecule has 0 radical (unpaired) electrons. The van der Waals surface area contributed by atoms with Gasteiger partial charge in [-0.2, -0.15) is 0 Å². The van der Waals surface area contributed by atoms with Crippen LogP contribution in [0, 0.1) is 0 Å². The first-order valence-corrected chi connectivity index (χ1v) is 7.84. The van der Waals surface area contributed by atoms with Crippen molar-refractivity contribution >= 4 is 13.6 Å². The molecule has 0 aliphatic rings. The van der Waals surface area contributed by atoms with Crippen LogP contribution in [0.25, 0.3) is 0 Å². The zero-order chi connectivity index (χ0) is 14.3. The number of hydrogen-bond acceptors (Lipinski definition) is 3. The molecule has 0 saturated carbocycles. The molecule has 0 unspecified atom stereocenters. The third kappa shape index (κ3) is 6.53. The molecule has 0 bridgehead atoms. The van der Waals surface area contributed by atoms with Gasteiger partial charge in [-0.15, -0.1) is 0 Å². The Morgan fingerprint density at radius 2 is 1.79 bits per heavy atom. The van der Waals surface area contributed by atoms with Gasteiger partial charge >= 0.3 is 7.82 Å². The van der Waals surface area contributed by atoms with E-state index in [4.69, 9.17) is 9.79 Å². The van der Waals surface area contributed by atoms with Crippen molar-refractivity contribution in [2.24, 2.45) is 0 Å². The number of benzene rings is 1. The molecule has 0 aliphatic carbocycles. The molecular formula is C13H19O5P. The topological polar surface area (TPSA) is 83.8 Å². The van der Waals surface area contributed by atoms with E-state index in [2.05, 4.69) is 11.4 Å². The minimum atomic E-state index is -4.54. The van der Waals surface area contributed by atoms with Gasteiger partial charge in [-0.25, -0.2) is 4.57 Å². The van der Waals surface area contributed by atoms with Crippen LogP contribution in [0.4, 0.5) is 0 Å². The van der Waals surface area contributed by atoms with Crippen LogP contribution in [-0.4, -0.2) is 15.6 Å². The predicted octanol–water partition coefficient (Wildman–Crippen LogP) is 3.31. The summed E-state index contributed by atoms with van der Waals surface area (Å²) in [5.74, 6) is 0.0923. The maximum atomic E-state index is 11.8. The monoisotopic (exact) mass is 286 g/mol. The number of Topliss-reactive ketones (excluding diaryl/α,β-unsaturated/α-hetero) is 1. The van der Waals surface area contributed by atoms with E-state index in [0.29, 0.717) is 12.0 Å². The maximum absolute atomic E-state index is 11.8. The third-order valence-corrected chi connectivity index (χ3v) is 3.11. The van der Waals surface area contributed by atoms with E-state index >= 15 is 0 Å². The number of carbonyl (C=O) groups is 1. The third-order valence-electron chi connectivity index (χ3n) is 2.66. The van der Waals surface area contributed by atoms with E-state index < -0.39 is 7.82 Å². The lowest BCUT2D eigenvalue weighted by molar-refractivity contribution is 0.0979. The van der Waals surface area contributed by atoms with E-state index in [1.54, 1.807) is 0 Å². The second kappa shape index (κ2) is 7.43. The largest absolute Gasteiger partial charge is 0.524 e. The van der Waals surface area contributed by atoms with Gasteiger partial charge in [0.2, 0.25) is 0 Å². The molecule has 0 saturated heterocycles. The molecule has 0 heterocycles. The van der Waals surface area contributed by atoms with Crippen LogP contribution in [0.15, 0.2) is 24.3 Å². The smallest absolute Gasteiger partial charge is 0.404 e. The van der Waals surface area contributed by atoms with Gasteiger partial charge in [-0.05, 0) is 30.7 Å². The summed E-state index contributed by atoms with van der Waals surface area (Å²) >= 11 is 0. The summed E-state index contributed by atoms with van der Waals surface area (Å²) in [6, 6.07) is 5.82. The van der Waals surface area contributed by atoms with Crippen molar-refractivity contribution in [3.05, 3.63) is 29.8 Å².